The molecule has 1 aliphatic heterocycles. The van der Waals surface area contributed by atoms with E-state index in [-0.39, 0.29) is 11.7 Å². The number of nitrogens with one attached hydrogen (secondary N) is 1. The highest BCUT2D eigenvalue weighted by Gasteiger charge is 2.38. The SMILES string of the molecule is CCCN(c1ccc2nnc(C(F)(F)F)n2n1)C1CCNC1. The van der Waals surface area contributed by atoms with Gasteiger partial charge in [-0.2, -0.15) is 17.7 Å². The third-order valence-corrected chi connectivity index (χ3v) is 3.74. The number of halogens is 3. The van der Waals surface area contributed by atoms with E-state index in [1.165, 1.54) is 6.07 Å². The van der Waals surface area contributed by atoms with Crippen LogP contribution in [0.15, 0.2) is 12.1 Å². The number of hydrogen-bond acceptors (Lipinski definition) is 5. The van der Waals surface area contributed by atoms with Crippen LogP contribution in [-0.2, 0) is 6.18 Å². The maximum Gasteiger partial charge on any atom is 0.453 e. The van der Waals surface area contributed by atoms with E-state index in [1.807, 2.05) is 6.92 Å². The molecule has 3 heterocycles. The van der Waals surface area contributed by atoms with Crippen molar-refractivity contribution in [3.63, 3.8) is 0 Å². The van der Waals surface area contributed by atoms with Gasteiger partial charge in [0.15, 0.2) is 5.65 Å². The Kier molecular flexibility index (Phi) is 3.90. The molecule has 9 heteroatoms. The Hall–Kier alpha value is -1.90. The molecule has 0 saturated carbocycles. The number of aromatic nitrogens is 4. The zero-order valence-electron chi connectivity index (χ0n) is 12.1. The molecule has 6 nitrogen and oxygen atoms in total. The predicted molar refractivity (Wildman–Crippen MR) is 74.7 cm³/mol. The van der Waals surface area contributed by atoms with Crippen LogP contribution in [-0.4, -0.2) is 45.5 Å². The summed E-state index contributed by atoms with van der Waals surface area (Å²) in [6.07, 6.45) is -2.73. The van der Waals surface area contributed by atoms with Crippen molar-refractivity contribution in [3.05, 3.63) is 18.0 Å². The molecule has 0 aromatic carbocycles. The lowest BCUT2D eigenvalue weighted by atomic mass is 10.2. The van der Waals surface area contributed by atoms with Crippen molar-refractivity contribution in [1.82, 2.24) is 25.1 Å². The highest BCUT2D eigenvalue weighted by Crippen LogP contribution is 2.28. The Morgan fingerprint density at radius 3 is 2.82 bits per heavy atom. The van der Waals surface area contributed by atoms with Crippen LogP contribution in [0.2, 0.25) is 0 Å². The Bertz CT molecular complexity index is 647. The van der Waals surface area contributed by atoms with Crippen molar-refractivity contribution in [2.24, 2.45) is 0 Å². The summed E-state index contributed by atoms with van der Waals surface area (Å²) in [6.45, 7) is 4.50. The van der Waals surface area contributed by atoms with Gasteiger partial charge in [0, 0.05) is 19.1 Å². The summed E-state index contributed by atoms with van der Waals surface area (Å²) in [5, 5.41) is 14.1. The molecule has 1 N–H and O–H groups in total. The molecule has 2 aromatic heterocycles. The molecule has 1 saturated heterocycles. The van der Waals surface area contributed by atoms with Gasteiger partial charge in [0.05, 0.1) is 0 Å². The smallest absolute Gasteiger partial charge is 0.351 e. The van der Waals surface area contributed by atoms with Crippen LogP contribution in [0.1, 0.15) is 25.6 Å². The van der Waals surface area contributed by atoms with E-state index >= 15 is 0 Å². The highest BCUT2D eigenvalue weighted by atomic mass is 19.4. The van der Waals surface area contributed by atoms with Gasteiger partial charge >= 0.3 is 6.18 Å². The lowest BCUT2D eigenvalue weighted by Crippen LogP contribution is -2.38. The van der Waals surface area contributed by atoms with E-state index in [9.17, 15) is 13.2 Å². The molecular formula is C13H17F3N6. The number of nitrogens with zero attached hydrogens (tertiary/aromatic N) is 5. The third kappa shape index (κ3) is 2.72. The largest absolute Gasteiger partial charge is 0.453 e. The summed E-state index contributed by atoms with van der Waals surface area (Å²) in [5.41, 5.74) is 0.0945. The fourth-order valence-corrected chi connectivity index (χ4v) is 2.74. The van der Waals surface area contributed by atoms with Crippen molar-refractivity contribution in [2.75, 3.05) is 24.5 Å². The minimum atomic E-state index is -4.57. The van der Waals surface area contributed by atoms with E-state index in [2.05, 4.69) is 25.5 Å². The van der Waals surface area contributed by atoms with E-state index in [4.69, 9.17) is 0 Å². The van der Waals surface area contributed by atoms with E-state index in [0.29, 0.717) is 5.82 Å². The number of hydrogen-bond donors (Lipinski definition) is 1. The highest BCUT2D eigenvalue weighted by molar-refractivity contribution is 5.47. The van der Waals surface area contributed by atoms with Gasteiger partial charge in [0.25, 0.3) is 5.82 Å². The summed E-state index contributed by atoms with van der Waals surface area (Å²) in [5.74, 6) is -0.571. The van der Waals surface area contributed by atoms with Gasteiger partial charge in [-0.1, -0.05) is 6.92 Å². The van der Waals surface area contributed by atoms with Crippen LogP contribution in [0.25, 0.3) is 5.65 Å². The van der Waals surface area contributed by atoms with Crippen molar-refractivity contribution in [1.29, 1.82) is 0 Å². The zero-order valence-corrected chi connectivity index (χ0v) is 12.1. The molecule has 120 valence electrons. The fraction of sp³-hybridized carbons (Fsp3) is 0.615. The van der Waals surface area contributed by atoms with Gasteiger partial charge in [0.2, 0.25) is 0 Å². The van der Waals surface area contributed by atoms with Crippen LogP contribution in [0.4, 0.5) is 19.0 Å². The quantitative estimate of drug-likeness (QED) is 0.931. The molecule has 0 radical (unpaired) electrons. The van der Waals surface area contributed by atoms with Gasteiger partial charge in [-0.15, -0.1) is 15.3 Å². The maximum atomic E-state index is 12.9. The van der Waals surface area contributed by atoms with Crippen molar-refractivity contribution in [3.8, 4) is 0 Å². The van der Waals surface area contributed by atoms with Gasteiger partial charge in [-0.3, -0.25) is 0 Å². The molecule has 22 heavy (non-hydrogen) atoms. The van der Waals surface area contributed by atoms with E-state index < -0.39 is 12.0 Å². The third-order valence-electron chi connectivity index (χ3n) is 3.74. The molecule has 0 spiro atoms. The first-order valence-corrected chi connectivity index (χ1v) is 7.27. The van der Waals surface area contributed by atoms with Gasteiger partial charge in [0.1, 0.15) is 5.82 Å². The molecule has 1 atom stereocenters. The van der Waals surface area contributed by atoms with Crippen molar-refractivity contribution < 1.29 is 13.2 Å². The molecule has 1 unspecified atom stereocenters. The molecule has 0 bridgehead atoms. The second kappa shape index (κ2) is 5.71. The molecule has 0 aliphatic carbocycles. The number of anilines is 1. The Balaban J connectivity index is 2.01. The standard InChI is InChI=1S/C13H17F3N6/c1-2-7-21(9-5-6-17-8-9)11-4-3-10-18-19-12(13(14,15)16)22(10)20-11/h3-4,9,17H,2,5-8H2,1H3. The Morgan fingerprint density at radius 2 is 2.18 bits per heavy atom. The van der Waals surface area contributed by atoms with E-state index in [0.717, 1.165) is 37.0 Å². The topological polar surface area (TPSA) is 58.4 Å². The Morgan fingerprint density at radius 1 is 1.36 bits per heavy atom. The minimum Gasteiger partial charge on any atom is -0.351 e. The molecule has 0 amide bonds. The summed E-state index contributed by atoms with van der Waals surface area (Å²) in [6, 6.07) is 3.48. The lowest BCUT2D eigenvalue weighted by molar-refractivity contribution is -0.146. The van der Waals surface area contributed by atoms with Crippen molar-refractivity contribution >= 4 is 11.5 Å². The normalized spacial score (nSPS) is 19.0. The van der Waals surface area contributed by atoms with Crippen LogP contribution in [0.3, 0.4) is 0 Å². The maximum absolute atomic E-state index is 12.9. The van der Waals surface area contributed by atoms with Gasteiger partial charge in [-0.05, 0) is 31.5 Å². The monoisotopic (exact) mass is 314 g/mol. The predicted octanol–water partition coefficient (Wildman–Crippen LogP) is 1.72. The lowest BCUT2D eigenvalue weighted by Gasteiger charge is -2.29. The first kappa shape index (κ1) is 15.0. The van der Waals surface area contributed by atoms with Crippen LogP contribution in [0.5, 0.6) is 0 Å². The second-order valence-corrected chi connectivity index (χ2v) is 5.32. The number of rotatable bonds is 4. The first-order valence-electron chi connectivity index (χ1n) is 7.27. The van der Waals surface area contributed by atoms with Gasteiger partial charge in [-0.25, -0.2) is 0 Å². The average molecular weight is 314 g/mol. The summed E-state index contributed by atoms with van der Waals surface area (Å²) in [4.78, 5) is 2.06. The summed E-state index contributed by atoms with van der Waals surface area (Å²) < 4.78 is 39.6. The van der Waals surface area contributed by atoms with Crippen molar-refractivity contribution in [2.45, 2.75) is 32.0 Å². The first-order chi connectivity index (χ1) is 10.5. The van der Waals surface area contributed by atoms with Crippen LogP contribution in [0, 0.1) is 0 Å². The molecular weight excluding hydrogens is 297 g/mol. The summed E-state index contributed by atoms with van der Waals surface area (Å²) in [7, 11) is 0. The van der Waals surface area contributed by atoms with E-state index in [1.54, 1.807) is 6.07 Å². The molecule has 1 aliphatic rings. The number of alkyl halides is 3. The fourth-order valence-electron chi connectivity index (χ4n) is 2.74. The molecule has 3 rings (SSSR count). The minimum absolute atomic E-state index is 0.0945. The average Bonchev–Trinajstić information content (AvgIpc) is 3.12. The van der Waals surface area contributed by atoms with Crippen LogP contribution < -0.4 is 10.2 Å². The van der Waals surface area contributed by atoms with Crippen LogP contribution >= 0.6 is 0 Å². The Labute approximate surface area is 125 Å². The van der Waals surface area contributed by atoms with Gasteiger partial charge < -0.3 is 10.2 Å². The molecule has 2 aromatic rings. The zero-order chi connectivity index (χ0) is 15.7. The summed E-state index contributed by atoms with van der Waals surface area (Å²) >= 11 is 0. The number of fused-ring (bicyclic) bond motifs is 1. The second-order valence-electron chi connectivity index (χ2n) is 5.32. The molecule has 1 fully saturated rings.